The molecule has 23 heavy (non-hydrogen) atoms. The summed E-state index contributed by atoms with van der Waals surface area (Å²) in [5, 5.41) is 10.1. The first-order valence-electron chi connectivity index (χ1n) is 6.93. The number of rotatable bonds is 2. The van der Waals surface area contributed by atoms with Crippen LogP contribution >= 0.6 is 11.6 Å². The van der Waals surface area contributed by atoms with Crippen LogP contribution in [0.3, 0.4) is 0 Å². The van der Waals surface area contributed by atoms with E-state index in [1.165, 1.54) is 6.07 Å². The van der Waals surface area contributed by atoms with Crippen molar-refractivity contribution in [1.29, 1.82) is 0 Å². The van der Waals surface area contributed by atoms with Crippen LogP contribution in [-0.2, 0) is 9.84 Å². The fourth-order valence-electron chi connectivity index (χ4n) is 2.60. The Bertz CT molecular complexity index is 930. The third kappa shape index (κ3) is 2.94. The number of halogens is 1. The van der Waals surface area contributed by atoms with Crippen LogP contribution < -0.4 is 4.74 Å². The number of allylic oxidation sites excluding steroid dienone is 1. The molecule has 2 aromatic carbocycles. The first kappa shape index (κ1) is 15.9. The molecular weight excluding hydrogens is 336 g/mol. The molecule has 0 radical (unpaired) electrons. The Morgan fingerprint density at radius 2 is 1.87 bits per heavy atom. The van der Waals surface area contributed by atoms with Crippen molar-refractivity contribution in [2.45, 2.75) is 11.8 Å². The van der Waals surface area contributed by atoms with Crippen LogP contribution in [0.2, 0.25) is 5.02 Å². The third-order valence-electron chi connectivity index (χ3n) is 3.88. The van der Waals surface area contributed by atoms with Crippen LogP contribution in [0.1, 0.15) is 18.1 Å². The van der Waals surface area contributed by atoms with E-state index in [2.05, 4.69) is 0 Å². The third-order valence-corrected chi connectivity index (χ3v) is 5.32. The summed E-state index contributed by atoms with van der Waals surface area (Å²) in [6.07, 6.45) is 1.16. The van der Waals surface area contributed by atoms with Crippen molar-refractivity contribution >= 4 is 32.6 Å². The van der Waals surface area contributed by atoms with Crippen molar-refractivity contribution in [3.8, 4) is 11.5 Å². The van der Waals surface area contributed by atoms with E-state index in [1.54, 1.807) is 30.3 Å². The number of hydrogen-bond acceptors (Lipinski definition) is 4. The molecule has 3 rings (SSSR count). The minimum Gasteiger partial charge on any atom is -0.508 e. The van der Waals surface area contributed by atoms with Gasteiger partial charge in [0.15, 0.2) is 9.84 Å². The molecule has 1 aliphatic rings. The molecule has 0 aromatic heterocycles. The molecule has 0 bridgehead atoms. The SMILES string of the molecule is CC1=C(c2cc(S(C)(=O)=O)ccc2Cl)COc2ccc(O)cc21. The van der Waals surface area contributed by atoms with Crippen LogP contribution in [0.4, 0.5) is 0 Å². The molecule has 0 saturated carbocycles. The van der Waals surface area contributed by atoms with Gasteiger partial charge in [-0.25, -0.2) is 8.42 Å². The highest BCUT2D eigenvalue weighted by molar-refractivity contribution is 7.90. The first-order valence-corrected chi connectivity index (χ1v) is 9.20. The average Bonchev–Trinajstić information content (AvgIpc) is 2.48. The fraction of sp³-hybridized carbons (Fsp3) is 0.176. The zero-order chi connectivity index (χ0) is 16.8. The Balaban J connectivity index is 2.21. The molecule has 0 atom stereocenters. The van der Waals surface area contributed by atoms with Gasteiger partial charge in [0.05, 0.1) is 4.90 Å². The van der Waals surface area contributed by atoms with Crippen LogP contribution in [0.15, 0.2) is 41.3 Å². The maximum absolute atomic E-state index is 11.8. The Morgan fingerprint density at radius 1 is 1.13 bits per heavy atom. The largest absolute Gasteiger partial charge is 0.508 e. The molecule has 1 N–H and O–H groups in total. The van der Waals surface area contributed by atoms with E-state index in [-0.39, 0.29) is 17.3 Å². The van der Waals surface area contributed by atoms with Crippen LogP contribution in [0, 0.1) is 0 Å². The molecule has 4 nitrogen and oxygen atoms in total. The van der Waals surface area contributed by atoms with Crippen molar-refractivity contribution < 1.29 is 18.3 Å². The second kappa shape index (κ2) is 5.58. The number of aromatic hydroxyl groups is 1. The van der Waals surface area contributed by atoms with E-state index < -0.39 is 9.84 Å². The van der Waals surface area contributed by atoms with Gasteiger partial charge in [-0.15, -0.1) is 0 Å². The second-order valence-electron chi connectivity index (χ2n) is 5.49. The summed E-state index contributed by atoms with van der Waals surface area (Å²) in [6, 6.07) is 9.52. The zero-order valence-corrected chi connectivity index (χ0v) is 14.2. The van der Waals surface area contributed by atoms with Crippen molar-refractivity contribution in [2.24, 2.45) is 0 Å². The summed E-state index contributed by atoms with van der Waals surface area (Å²) in [5.41, 5.74) is 3.10. The lowest BCUT2D eigenvalue weighted by atomic mass is 9.93. The molecule has 0 saturated heterocycles. The topological polar surface area (TPSA) is 63.6 Å². The Labute approximate surface area is 139 Å². The molecular formula is C17H15ClO4S. The van der Waals surface area contributed by atoms with Gasteiger partial charge < -0.3 is 9.84 Å². The summed E-state index contributed by atoms with van der Waals surface area (Å²) in [4.78, 5) is 0.207. The van der Waals surface area contributed by atoms with Gasteiger partial charge in [-0.1, -0.05) is 11.6 Å². The summed E-state index contributed by atoms with van der Waals surface area (Å²) in [6.45, 7) is 2.19. The Kier molecular flexibility index (Phi) is 3.86. The fourth-order valence-corrected chi connectivity index (χ4v) is 3.48. The lowest BCUT2D eigenvalue weighted by Gasteiger charge is -2.23. The molecule has 0 fully saturated rings. The summed E-state index contributed by atoms with van der Waals surface area (Å²) in [5.74, 6) is 0.823. The summed E-state index contributed by atoms with van der Waals surface area (Å²) < 4.78 is 29.3. The lowest BCUT2D eigenvalue weighted by molar-refractivity contribution is 0.363. The van der Waals surface area contributed by atoms with E-state index in [4.69, 9.17) is 16.3 Å². The maximum Gasteiger partial charge on any atom is 0.175 e. The normalized spacial score (nSPS) is 14.4. The van der Waals surface area contributed by atoms with Crippen LogP contribution in [0.5, 0.6) is 11.5 Å². The average molecular weight is 351 g/mol. The van der Waals surface area contributed by atoms with Crippen molar-refractivity contribution in [1.82, 2.24) is 0 Å². The standard InChI is InChI=1S/C17H15ClO4S/c1-10-13-7-11(19)3-6-17(13)22-9-15(10)14-8-12(23(2,20)21)4-5-16(14)18/h3-8,19H,9H2,1-2H3. The molecule has 0 spiro atoms. The number of hydrogen-bond donors (Lipinski definition) is 1. The highest BCUT2D eigenvalue weighted by atomic mass is 35.5. The van der Waals surface area contributed by atoms with Crippen LogP contribution in [-0.4, -0.2) is 26.4 Å². The van der Waals surface area contributed by atoms with Gasteiger partial charge in [-0.05, 0) is 48.9 Å². The summed E-state index contributed by atoms with van der Waals surface area (Å²) in [7, 11) is -3.33. The van der Waals surface area contributed by atoms with Crippen LogP contribution in [0.25, 0.3) is 11.1 Å². The number of benzene rings is 2. The second-order valence-corrected chi connectivity index (χ2v) is 7.91. The predicted octanol–water partition coefficient (Wildman–Crippen LogP) is 3.77. The molecule has 0 unspecified atom stereocenters. The van der Waals surface area contributed by atoms with Gasteiger partial charge in [0.25, 0.3) is 0 Å². The number of fused-ring (bicyclic) bond motifs is 1. The Hall–Kier alpha value is -1.98. The van der Waals surface area contributed by atoms with Crippen molar-refractivity contribution in [2.75, 3.05) is 12.9 Å². The van der Waals surface area contributed by atoms with Crippen molar-refractivity contribution in [3.05, 3.63) is 52.5 Å². The molecule has 120 valence electrons. The lowest BCUT2D eigenvalue weighted by Crippen LogP contribution is -2.10. The molecule has 1 aliphatic heterocycles. The highest BCUT2D eigenvalue weighted by Gasteiger charge is 2.21. The van der Waals surface area contributed by atoms with Gasteiger partial charge in [0.1, 0.15) is 18.1 Å². The highest BCUT2D eigenvalue weighted by Crippen LogP contribution is 2.40. The molecule has 2 aromatic rings. The van der Waals surface area contributed by atoms with Gasteiger partial charge in [0.2, 0.25) is 0 Å². The monoisotopic (exact) mass is 350 g/mol. The van der Waals surface area contributed by atoms with E-state index in [0.717, 1.165) is 23.0 Å². The number of phenolic OH excluding ortho intramolecular Hbond substituents is 1. The summed E-state index contributed by atoms with van der Waals surface area (Å²) >= 11 is 6.27. The number of ether oxygens (including phenoxy) is 1. The van der Waals surface area contributed by atoms with Gasteiger partial charge in [-0.3, -0.25) is 0 Å². The number of phenols is 1. The number of sulfone groups is 1. The van der Waals surface area contributed by atoms with E-state index >= 15 is 0 Å². The van der Waals surface area contributed by atoms with Gasteiger partial charge in [-0.2, -0.15) is 0 Å². The van der Waals surface area contributed by atoms with E-state index in [1.807, 2.05) is 6.92 Å². The molecule has 0 aliphatic carbocycles. The maximum atomic E-state index is 11.8. The zero-order valence-electron chi connectivity index (χ0n) is 12.6. The molecule has 6 heteroatoms. The van der Waals surface area contributed by atoms with E-state index in [9.17, 15) is 13.5 Å². The van der Waals surface area contributed by atoms with Crippen molar-refractivity contribution in [3.63, 3.8) is 0 Å². The smallest absolute Gasteiger partial charge is 0.175 e. The molecule has 0 amide bonds. The minimum atomic E-state index is -3.33. The van der Waals surface area contributed by atoms with Gasteiger partial charge in [0, 0.05) is 28.0 Å². The quantitative estimate of drug-likeness (QED) is 0.895. The molecule has 1 heterocycles. The first-order chi connectivity index (χ1) is 10.8. The Morgan fingerprint density at radius 3 is 2.57 bits per heavy atom. The minimum absolute atomic E-state index is 0.143. The van der Waals surface area contributed by atoms with Gasteiger partial charge >= 0.3 is 0 Å². The van der Waals surface area contributed by atoms with E-state index in [0.29, 0.717) is 16.3 Å². The predicted molar refractivity (Wildman–Crippen MR) is 90.7 cm³/mol.